The summed E-state index contributed by atoms with van der Waals surface area (Å²) < 4.78 is 43.0. The lowest BCUT2D eigenvalue weighted by Crippen LogP contribution is -2.33. The van der Waals surface area contributed by atoms with Crippen LogP contribution in [0.4, 0.5) is 8.78 Å². The number of aromatic nitrogens is 2. The Morgan fingerprint density at radius 1 is 1.52 bits per heavy atom. The quantitative estimate of drug-likeness (QED) is 0.857. The van der Waals surface area contributed by atoms with E-state index in [0.717, 1.165) is 4.90 Å². The Labute approximate surface area is 130 Å². The number of methoxy groups -OCH3 is 1. The molecule has 1 fully saturated rings. The standard InChI is InChI=1S/C14H15F2N3O4/c1-8-9(3-4-22-8)13(20)19-7-14(15,16)5-10(19)12-18-17-11(23-12)6-21-2/h3-4,10H,5-7H2,1-2H3/t10-/m0/s1. The van der Waals surface area contributed by atoms with Crippen molar-refractivity contribution in [2.75, 3.05) is 13.7 Å². The molecule has 2 aromatic heterocycles. The number of ether oxygens (including phenoxy) is 1. The first-order chi connectivity index (χ1) is 10.9. The summed E-state index contributed by atoms with van der Waals surface area (Å²) in [6.07, 6.45) is 0.777. The number of rotatable bonds is 4. The number of amides is 1. The zero-order valence-corrected chi connectivity index (χ0v) is 12.6. The molecule has 7 nitrogen and oxygen atoms in total. The third-order valence-corrected chi connectivity index (χ3v) is 3.66. The maximum atomic E-state index is 13.9. The van der Waals surface area contributed by atoms with E-state index in [1.165, 1.54) is 19.4 Å². The molecule has 1 atom stereocenters. The van der Waals surface area contributed by atoms with Crippen LogP contribution in [-0.4, -0.2) is 40.6 Å². The van der Waals surface area contributed by atoms with Gasteiger partial charge in [0.1, 0.15) is 18.4 Å². The molecule has 124 valence electrons. The molecular weight excluding hydrogens is 312 g/mol. The highest BCUT2D eigenvalue weighted by atomic mass is 19.3. The van der Waals surface area contributed by atoms with E-state index in [1.807, 2.05) is 0 Å². The average molecular weight is 327 g/mol. The maximum absolute atomic E-state index is 13.9. The Hall–Kier alpha value is -2.29. The molecule has 0 saturated carbocycles. The fraction of sp³-hybridized carbons (Fsp3) is 0.500. The summed E-state index contributed by atoms with van der Waals surface area (Å²) in [4.78, 5) is 13.6. The van der Waals surface area contributed by atoms with Gasteiger partial charge in [0.25, 0.3) is 11.8 Å². The van der Waals surface area contributed by atoms with Crippen molar-refractivity contribution in [3.63, 3.8) is 0 Å². The van der Waals surface area contributed by atoms with E-state index in [0.29, 0.717) is 5.76 Å². The summed E-state index contributed by atoms with van der Waals surface area (Å²) in [6.45, 7) is 0.966. The van der Waals surface area contributed by atoms with Gasteiger partial charge in [-0.15, -0.1) is 10.2 Å². The summed E-state index contributed by atoms with van der Waals surface area (Å²) in [7, 11) is 1.45. The predicted molar refractivity (Wildman–Crippen MR) is 71.8 cm³/mol. The minimum atomic E-state index is -3.02. The van der Waals surface area contributed by atoms with E-state index in [9.17, 15) is 13.6 Å². The van der Waals surface area contributed by atoms with Gasteiger partial charge in [-0.3, -0.25) is 4.79 Å². The highest BCUT2D eigenvalue weighted by Crippen LogP contribution is 2.41. The van der Waals surface area contributed by atoms with Gasteiger partial charge in [0.2, 0.25) is 11.8 Å². The van der Waals surface area contributed by atoms with E-state index < -0.39 is 30.8 Å². The highest BCUT2D eigenvalue weighted by Gasteiger charge is 2.50. The van der Waals surface area contributed by atoms with Crippen molar-refractivity contribution in [1.82, 2.24) is 15.1 Å². The summed E-state index contributed by atoms with van der Waals surface area (Å²) in [5.74, 6) is -3.05. The molecular formula is C14H15F2N3O4. The molecule has 1 aliphatic heterocycles. The number of hydrogen-bond donors (Lipinski definition) is 0. The van der Waals surface area contributed by atoms with Gasteiger partial charge in [-0.1, -0.05) is 0 Å². The molecule has 23 heavy (non-hydrogen) atoms. The minimum absolute atomic E-state index is 0.0243. The smallest absolute Gasteiger partial charge is 0.267 e. The van der Waals surface area contributed by atoms with Crippen molar-refractivity contribution >= 4 is 5.91 Å². The first-order valence-corrected chi connectivity index (χ1v) is 6.95. The Morgan fingerprint density at radius 3 is 2.96 bits per heavy atom. The number of aryl methyl sites for hydroxylation is 1. The summed E-state index contributed by atoms with van der Waals surface area (Å²) in [5.41, 5.74) is 0.240. The van der Waals surface area contributed by atoms with Crippen LogP contribution in [0.25, 0.3) is 0 Å². The van der Waals surface area contributed by atoms with Gasteiger partial charge in [0.15, 0.2) is 0 Å². The fourth-order valence-corrected chi connectivity index (χ4v) is 2.60. The van der Waals surface area contributed by atoms with E-state index in [-0.39, 0.29) is 24.0 Å². The second kappa shape index (κ2) is 5.73. The van der Waals surface area contributed by atoms with Crippen molar-refractivity contribution in [3.05, 3.63) is 35.4 Å². The van der Waals surface area contributed by atoms with Crippen molar-refractivity contribution in [2.24, 2.45) is 0 Å². The van der Waals surface area contributed by atoms with Gasteiger partial charge in [-0.25, -0.2) is 8.78 Å². The molecule has 0 N–H and O–H groups in total. The first-order valence-electron chi connectivity index (χ1n) is 6.95. The third-order valence-electron chi connectivity index (χ3n) is 3.66. The lowest BCUT2D eigenvalue weighted by atomic mass is 10.1. The topological polar surface area (TPSA) is 81.6 Å². The molecule has 3 heterocycles. The van der Waals surface area contributed by atoms with Crippen LogP contribution in [0.5, 0.6) is 0 Å². The van der Waals surface area contributed by atoms with Crippen LogP contribution in [0.3, 0.4) is 0 Å². The Balaban J connectivity index is 1.90. The number of hydrogen-bond acceptors (Lipinski definition) is 6. The molecule has 1 aliphatic rings. The van der Waals surface area contributed by atoms with Crippen LogP contribution >= 0.6 is 0 Å². The second-order valence-electron chi connectivity index (χ2n) is 5.37. The van der Waals surface area contributed by atoms with Gasteiger partial charge in [-0.2, -0.15) is 0 Å². The zero-order valence-electron chi connectivity index (χ0n) is 12.6. The Kier molecular flexibility index (Phi) is 3.88. The molecule has 0 aliphatic carbocycles. The van der Waals surface area contributed by atoms with Crippen LogP contribution in [0.2, 0.25) is 0 Å². The van der Waals surface area contributed by atoms with E-state index >= 15 is 0 Å². The largest absolute Gasteiger partial charge is 0.469 e. The molecule has 1 amide bonds. The van der Waals surface area contributed by atoms with Gasteiger partial charge < -0.3 is 18.5 Å². The normalized spacial score (nSPS) is 20.2. The van der Waals surface area contributed by atoms with E-state index in [1.54, 1.807) is 6.92 Å². The molecule has 1 saturated heterocycles. The number of nitrogens with zero attached hydrogens (tertiary/aromatic N) is 3. The molecule has 0 unspecified atom stereocenters. The molecule has 0 radical (unpaired) electrons. The molecule has 0 bridgehead atoms. The highest BCUT2D eigenvalue weighted by molar-refractivity contribution is 5.95. The van der Waals surface area contributed by atoms with Gasteiger partial charge in [0, 0.05) is 13.5 Å². The number of alkyl halides is 2. The number of carbonyl (C=O) groups is 1. The van der Waals surface area contributed by atoms with Crippen LogP contribution in [0.1, 0.15) is 40.4 Å². The van der Waals surface area contributed by atoms with Gasteiger partial charge in [0.05, 0.1) is 18.4 Å². The summed E-state index contributed by atoms with van der Waals surface area (Å²) in [6, 6.07) is 0.472. The fourth-order valence-electron chi connectivity index (χ4n) is 2.60. The van der Waals surface area contributed by atoms with E-state index in [2.05, 4.69) is 10.2 Å². The molecule has 0 aromatic carbocycles. The zero-order chi connectivity index (χ0) is 16.6. The summed E-state index contributed by atoms with van der Waals surface area (Å²) in [5, 5.41) is 7.50. The van der Waals surface area contributed by atoms with Gasteiger partial charge in [-0.05, 0) is 13.0 Å². The predicted octanol–water partition coefficient (Wildman–Crippen LogP) is 2.34. The van der Waals surface area contributed by atoms with E-state index in [4.69, 9.17) is 13.6 Å². The van der Waals surface area contributed by atoms with Crippen LogP contribution < -0.4 is 0 Å². The van der Waals surface area contributed by atoms with Crippen molar-refractivity contribution in [1.29, 1.82) is 0 Å². The molecule has 3 rings (SSSR count). The van der Waals surface area contributed by atoms with Gasteiger partial charge >= 0.3 is 0 Å². The van der Waals surface area contributed by atoms with Crippen molar-refractivity contribution in [2.45, 2.75) is 31.9 Å². The SMILES string of the molecule is COCc1nnc([C@@H]2CC(F)(F)CN2C(=O)c2ccoc2C)o1. The molecule has 0 spiro atoms. The number of likely N-dealkylation sites (tertiary alicyclic amines) is 1. The second-order valence-corrected chi connectivity index (χ2v) is 5.37. The number of carbonyl (C=O) groups excluding carboxylic acids is 1. The van der Waals surface area contributed by atoms with Crippen LogP contribution in [-0.2, 0) is 11.3 Å². The average Bonchev–Trinajstić information content (AvgIpc) is 3.17. The van der Waals surface area contributed by atoms with Crippen molar-refractivity contribution in [3.8, 4) is 0 Å². The first kappa shape index (κ1) is 15.6. The molecule has 9 heteroatoms. The van der Waals surface area contributed by atoms with Crippen LogP contribution in [0, 0.1) is 6.92 Å². The maximum Gasteiger partial charge on any atom is 0.267 e. The lowest BCUT2D eigenvalue weighted by molar-refractivity contribution is 0.0116. The minimum Gasteiger partial charge on any atom is -0.469 e. The monoisotopic (exact) mass is 327 g/mol. The third kappa shape index (κ3) is 2.96. The molecule has 2 aromatic rings. The Morgan fingerprint density at radius 2 is 2.30 bits per heavy atom. The van der Waals surface area contributed by atoms with Crippen LogP contribution in [0.15, 0.2) is 21.2 Å². The number of furan rings is 1. The van der Waals surface area contributed by atoms with Crippen molar-refractivity contribution < 1.29 is 27.1 Å². The Bertz CT molecular complexity index is 712. The lowest BCUT2D eigenvalue weighted by Gasteiger charge is -2.20. The summed E-state index contributed by atoms with van der Waals surface area (Å²) >= 11 is 0. The number of halogens is 2.